The van der Waals surface area contributed by atoms with Crippen molar-refractivity contribution in [2.45, 2.75) is 20.3 Å². The zero-order chi connectivity index (χ0) is 22.6. The highest BCUT2D eigenvalue weighted by Gasteiger charge is 2.59. The number of imide groups is 1. The van der Waals surface area contributed by atoms with Crippen LogP contribution in [0.5, 0.6) is 0 Å². The molecule has 2 bridgehead atoms. The lowest BCUT2D eigenvalue weighted by atomic mass is 9.85. The normalized spacial score (nSPS) is 25.4. The summed E-state index contributed by atoms with van der Waals surface area (Å²) in [6, 6.07) is 11.8. The van der Waals surface area contributed by atoms with Crippen molar-refractivity contribution in [3.63, 3.8) is 0 Å². The van der Waals surface area contributed by atoms with Crippen molar-refractivity contribution in [2.24, 2.45) is 23.7 Å². The summed E-state index contributed by atoms with van der Waals surface area (Å²) in [5, 5.41) is 0. The maximum atomic E-state index is 13.0. The van der Waals surface area contributed by atoms with Gasteiger partial charge in [0.05, 0.1) is 23.1 Å². The number of rotatable bonds is 5. The van der Waals surface area contributed by atoms with Crippen LogP contribution in [0.4, 0.5) is 5.69 Å². The van der Waals surface area contributed by atoms with E-state index in [1.165, 1.54) is 11.0 Å². The highest BCUT2D eigenvalue weighted by Crippen LogP contribution is 2.53. The molecule has 5 rings (SSSR count). The number of fused-ring (bicyclic) bond motifs is 5. The van der Waals surface area contributed by atoms with Crippen molar-refractivity contribution in [3.8, 4) is 0 Å². The van der Waals surface area contributed by atoms with E-state index in [0.29, 0.717) is 11.3 Å². The third-order valence-corrected chi connectivity index (χ3v) is 6.84. The number of benzene rings is 2. The van der Waals surface area contributed by atoms with Crippen LogP contribution in [0, 0.1) is 37.5 Å². The average molecular weight is 429 g/mol. The number of carbonyl (C=O) groups is 4. The Hall–Kier alpha value is -3.54. The zero-order valence-electron chi connectivity index (χ0n) is 17.9. The summed E-state index contributed by atoms with van der Waals surface area (Å²) in [4.78, 5) is 52.3. The molecule has 4 atom stereocenters. The second-order valence-electron chi connectivity index (χ2n) is 8.88. The Kier molecular flexibility index (Phi) is 4.81. The number of anilines is 1. The molecule has 2 aromatic carbocycles. The van der Waals surface area contributed by atoms with Gasteiger partial charge in [-0.3, -0.25) is 14.4 Å². The molecule has 2 amide bonds. The summed E-state index contributed by atoms with van der Waals surface area (Å²) in [5.41, 5.74) is 2.85. The Bertz CT molecular complexity index is 1170. The average Bonchev–Trinajstić information content (AvgIpc) is 3.47. The van der Waals surface area contributed by atoms with Crippen LogP contribution in [-0.4, -0.2) is 30.2 Å². The summed E-state index contributed by atoms with van der Waals surface area (Å²) < 4.78 is 5.24. The zero-order valence-corrected chi connectivity index (χ0v) is 17.9. The van der Waals surface area contributed by atoms with Crippen molar-refractivity contribution in [1.29, 1.82) is 0 Å². The molecule has 0 aromatic heterocycles. The molecular formula is C26H23NO5. The van der Waals surface area contributed by atoms with Gasteiger partial charge in [0.1, 0.15) is 0 Å². The first-order chi connectivity index (χ1) is 15.3. The topological polar surface area (TPSA) is 80.8 Å². The Balaban J connectivity index is 1.31. The van der Waals surface area contributed by atoms with Gasteiger partial charge >= 0.3 is 5.97 Å². The molecule has 2 fully saturated rings. The lowest BCUT2D eigenvalue weighted by Gasteiger charge is -2.18. The minimum atomic E-state index is -0.675. The predicted molar refractivity (Wildman–Crippen MR) is 117 cm³/mol. The molecule has 1 heterocycles. The molecule has 1 saturated heterocycles. The van der Waals surface area contributed by atoms with E-state index in [-0.39, 0.29) is 53.4 Å². The quantitative estimate of drug-likeness (QED) is 0.314. The fourth-order valence-corrected chi connectivity index (χ4v) is 5.26. The van der Waals surface area contributed by atoms with Gasteiger partial charge in [-0.2, -0.15) is 0 Å². The maximum absolute atomic E-state index is 13.0. The van der Waals surface area contributed by atoms with E-state index in [0.717, 1.165) is 17.5 Å². The molecule has 6 nitrogen and oxygen atoms in total. The molecule has 0 unspecified atom stereocenters. The Morgan fingerprint density at radius 3 is 2.34 bits per heavy atom. The van der Waals surface area contributed by atoms with Crippen LogP contribution in [0.3, 0.4) is 0 Å². The van der Waals surface area contributed by atoms with E-state index < -0.39 is 5.97 Å². The van der Waals surface area contributed by atoms with Crippen LogP contribution >= 0.6 is 0 Å². The number of aryl methyl sites for hydroxylation is 2. The van der Waals surface area contributed by atoms with Crippen molar-refractivity contribution >= 4 is 29.3 Å². The van der Waals surface area contributed by atoms with Crippen LogP contribution in [-0.2, 0) is 14.3 Å². The van der Waals surface area contributed by atoms with E-state index in [9.17, 15) is 19.2 Å². The lowest BCUT2D eigenvalue weighted by Crippen LogP contribution is -2.33. The molecule has 0 radical (unpaired) electrons. The minimum absolute atomic E-state index is 0.121. The smallest absolute Gasteiger partial charge is 0.338 e. The van der Waals surface area contributed by atoms with Crippen LogP contribution in [0.2, 0.25) is 0 Å². The first kappa shape index (κ1) is 20.4. The Labute approximate surface area is 185 Å². The molecule has 6 heteroatoms. The fraction of sp³-hybridized carbons (Fsp3) is 0.308. The molecule has 2 aromatic rings. The standard InChI is InChI=1S/C26H23NO5/c1-14-6-7-15(2)20(10-14)21(28)13-32-26(31)18-4-3-5-19(12-18)27-24(29)22-16-8-9-17(11-16)23(22)25(27)30/h3-10,12,16-17,22-23H,11,13H2,1-2H3/t16-,17+,22-,23+. The number of allylic oxidation sites excluding steroid dienone is 2. The number of amides is 2. The first-order valence-electron chi connectivity index (χ1n) is 10.8. The summed E-state index contributed by atoms with van der Waals surface area (Å²) in [6.45, 7) is 3.34. The number of hydrogen-bond donors (Lipinski definition) is 0. The molecule has 32 heavy (non-hydrogen) atoms. The highest BCUT2D eigenvalue weighted by molar-refractivity contribution is 6.23. The van der Waals surface area contributed by atoms with Gasteiger partial charge in [0, 0.05) is 5.56 Å². The second-order valence-corrected chi connectivity index (χ2v) is 8.88. The van der Waals surface area contributed by atoms with Crippen LogP contribution < -0.4 is 4.90 Å². The number of nitrogens with zero attached hydrogens (tertiary/aromatic N) is 1. The van der Waals surface area contributed by atoms with E-state index >= 15 is 0 Å². The van der Waals surface area contributed by atoms with E-state index in [1.807, 2.05) is 38.1 Å². The third-order valence-electron chi connectivity index (χ3n) is 6.84. The minimum Gasteiger partial charge on any atom is -0.454 e. The summed E-state index contributed by atoms with van der Waals surface area (Å²) in [7, 11) is 0. The molecule has 1 aliphatic heterocycles. The summed E-state index contributed by atoms with van der Waals surface area (Å²) >= 11 is 0. The molecule has 2 aliphatic carbocycles. The fourth-order valence-electron chi connectivity index (χ4n) is 5.26. The number of ether oxygens (including phenoxy) is 1. The van der Waals surface area contributed by atoms with Gasteiger partial charge in [0.25, 0.3) is 0 Å². The van der Waals surface area contributed by atoms with Gasteiger partial charge in [-0.1, -0.05) is 35.9 Å². The predicted octanol–water partition coefficient (Wildman–Crippen LogP) is 3.65. The summed E-state index contributed by atoms with van der Waals surface area (Å²) in [6.07, 6.45) is 4.95. The van der Waals surface area contributed by atoms with Gasteiger partial charge in [-0.15, -0.1) is 0 Å². The maximum Gasteiger partial charge on any atom is 0.338 e. The first-order valence-corrected chi connectivity index (χ1v) is 10.8. The number of ketones is 1. The Morgan fingerprint density at radius 1 is 0.969 bits per heavy atom. The number of esters is 1. The van der Waals surface area contributed by atoms with E-state index in [1.54, 1.807) is 24.3 Å². The van der Waals surface area contributed by atoms with E-state index in [4.69, 9.17) is 4.74 Å². The van der Waals surface area contributed by atoms with Gasteiger partial charge in [0.2, 0.25) is 17.6 Å². The van der Waals surface area contributed by atoms with E-state index in [2.05, 4.69) is 0 Å². The van der Waals surface area contributed by atoms with Crippen molar-refractivity contribution in [2.75, 3.05) is 11.5 Å². The second kappa shape index (κ2) is 7.55. The monoisotopic (exact) mass is 429 g/mol. The van der Waals surface area contributed by atoms with Crippen molar-refractivity contribution in [3.05, 3.63) is 76.9 Å². The van der Waals surface area contributed by atoms with Gasteiger partial charge in [-0.05, 0) is 61.9 Å². The molecule has 0 spiro atoms. The largest absolute Gasteiger partial charge is 0.454 e. The SMILES string of the molecule is Cc1ccc(C)c(C(=O)COC(=O)c2cccc(N3C(=O)[C@@H]4[C@H](C3=O)[C@@H]3C=C[C@H]4C3)c2)c1. The molecule has 1 saturated carbocycles. The summed E-state index contributed by atoms with van der Waals surface area (Å²) in [5.74, 6) is -1.72. The van der Waals surface area contributed by atoms with Crippen molar-refractivity contribution < 1.29 is 23.9 Å². The van der Waals surface area contributed by atoms with Gasteiger partial charge in [-0.25, -0.2) is 9.69 Å². The van der Waals surface area contributed by atoms with Crippen LogP contribution in [0.25, 0.3) is 0 Å². The van der Waals surface area contributed by atoms with Gasteiger partial charge < -0.3 is 4.74 Å². The molecular weight excluding hydrogens is 406 g/mol. The van der Waals surface area contributed by atoms with Crippen LogP contribution in [0.1, 0.15) is 38.3 Å². The lowest BCUT2D eigenvalue weighted by molar-refractivity contribution is -0.123. The number of hydrogen-bond acceptors (Lipinski definition) is 5. The number of carbonyl (C=O) groups excluding carboxylic acids is 4. The third kappa shape index (κ3) is 3.18. The molecule has 162 valence electrons. The van der Waals surface area contributed by atoms with Crippen LogP contribution in [0.15, 0.2) is 54.6 Å². The Morgan fingerprint density at radius 2 is 1.66 bits per heavy atom. The molecule has 3 aliphatic rings. The number of Topliss-reactive ketones (excluding diaryl/α,β-unsaturated/α-hetero) is 1. The van der Waals surface area contributed by atoms with Gasteiger partial charge in [0.15, 0.2) is 6.61 Å². The molecule has 0 N–H and O–H groups in total. The highest BCUT2D eigenvalue weighted by atomic mass is 16.5. The van der Waals surface area contributed by atoms with Crippen molar-refractivity contribution in [1.82, 2.24) is 0 Å².